The van der Waals surface area contributed by atoms with Crippen LogP contribution < -0.4 is 0 Å². The summed E-state index contributed by atoms with van der Waals surface area (Å²) in [6.07, 6.45) is 3.05. The molecule has 0 unspecified atom stereocenters. The van der Waals surface area contributed by atoms with Gasteiger partial charge >= 0.3 is 5.97 Å². The minimum Gasteiger partial charge on any atom is -0.455 e. The molecule has 0 fully saturated rings. The van der Waals surface area contributed by atoms with Crippen LogP contribution in [0.4, 0.5) is 0 Å². The number of ether oxygens (including phenoxy) is 1. The Kier molecular flexibility index (Phi) is 3.67. The van der Waals surface area contributed by atoms with E-state index in [1.165, 1.54) is 0 Å². The van der Waals surface area contributed by atoms with Crippen molar-refractivity contribution >= 4 is 5.97 Å². The molecule has 2 heteroatoms. The van der Waals surface area contributed by atoms with E-state index in [9.17, 15) is 4.79 Å². The molecule has 0 saturated carbocycles. The fourth-order valence-corrected chi connectivity index (χ4v) is 2.30. The van der Waals surface area contributed by atoms with E-state index in [-0.39, 0.29) is 17.5 Å². The summed E-state index contributed by atoms with van der Waals surface area (Å²) >= 11 is 0. The third-order valence-corrected chi connectivity index (χ3v) is 3.68. The van der Waals surface area contributed by atoms with Crippen molar-refractivity contribution in [3.05, 3.63) is 48.0 Å². The summed E-state index contributed by atoms with van der Waals surface area (Å²) in [7, 11) is 0. The number of hydrogen-bond acceptors (Lipinski definition) is 2. The zero-order valence-electron chi connectivity index (χ0n) is 12.8. The van der Waals surface area contributed by atoms with E-state index >= 15 is 0 Å². The molecule has 0 aliphatic heterocycles. The lowest BCUT2D eigenvalue weighted by Gasteiger charge is -2.34. The third-order valence-electron chi connectivity index (χ3n) is 3.68. The van der Waals surface area contributed by atoms with Gasteiger partial charge in [-0.3, -0.25) is 0 Å². The summed E-state index contributed by atoms with van der Waals surface area (Å²) in [5.74, 6) is 0.0581. The molecule has 2 atom stereocenters. The molecular weight excluding hydrogens is 236 g/mol. The lowest BCUT2D eigenvalue weighted by Crippen LogP contribution is -2.29. The van der Waals surface area contributed by atoms with Gasteiger partial charge in [0.25, 0.3) is 0 Å². The number of esters is 1. The first kappa shape index (κ1) is 12.5. The summed E-state index contributed by atoms with van der Waals surface area (Å²) in [6.45, 7) is 6.52. The highest BCUT2D eigenvalue weighted by Crippen LogP contribution is 2.36. The Labute approximate surface area is 116 Å². The van der Waals surface area contributed by atoms with E-state index in [2.05, 4.69) is 20.8 Å². The van der Waals surface area contributed by atoms with Gasteiger partial charge in [0.05, 0.1) is 6.93 Å². The molecule has 0 spiro atoms. The van der Waals surface area contributed by atoms with E-state index in [0.717, 1.165) is 12.8 Å². The number of carbonyl (C=O) groups excluding carboxylic acids is 1. The van der Waals surface area contributed by atoms with Gasteiger partial charge in [0.2, 0.25) is 0 Å². The summed E-state index contributed by atoms with van der Waals surface area (Å²) in [4.78, 5) is 12.1. The average molecular weight is 259 g/mol. The number of rotatable bonds is 2. The van der Waals surface area contributed by atoms with Crippen molar-refractivity contribution in [2.75, 3.05) is 0 Å². The summed E-state index contributed by atoms with van der Waals surface area (Å²) < 4.78 is 13.5. The maximum atomic E-state index is 12.1. The molecule has 0 aromatic heterocycles. The zero-order valence-corrected chi connectivity index (χ0v) is 11.8. The van der Waals surface area contributed by atoms with Crippen molar-refractivity contribution in [2.24, 2.45) is 11.3 Å². The maximum absolute atomic E-state index is 12.1. The van der Waals surface area contributed by atoms with Gasteiger partial charge in [0, 0.05) is 0 Å². The largest absolute Gasteiger partial charge is 0.455 e. The van der Waals surface area contributed by atoms with Crippen LogP contribution in [0.15, 0.2) is 42.5 Å². The highest BCUT2D eigenvalue weighted by Gasteiger charge is 2.29. The van der Waals surface area contributed by atoms with Gasteiger partial charge in [-0.2, -0.15) is 0 Å². The second kappa shape index (κ2) is 5.60. The second-order valence-electron chi connectivity index (χ2n) is 6.18. The first-order valence-corrected chi connectivity index (χ1v) is 6.79. The van der Waals surface area contributed by atoms with Gasteiger partial charge in [0.15, 0.2) is 0 Å². The Bertz CT molecular complexity index is 499. The predicted octanol–water partition coefficient (Wildman–Crippen LogP) is 4.22. The first-order chi connectivity index (χ1) is 9.36. The SMILES string of the molecule is [2H]C1=C[C@@H](OC(=O)c2ccccc2)C[C@@H](C(C)(C)C)C1. The third kappa shape index (κ3) is 3.69. The van der Waals surface area contributed by atoms with E-state index in [4.69, 9.17) is 6.11 Å². The predicted molar refractivity (Wildman–Crippen MR) is 77.0 cm³/mol. The first-order valence-electron chi connectivity index (χ1n) is 7.29. The number of allylic oxidation sites excluding steroid dienone is 1. The lowest BCUT2D eigenvalue weighted by molar-refractivity contribution is 0.0281. The van der Waals surface area contributed by atoms with E-state index in [1.807, 2.05) is 18.2 Å². The molecule has 0 heterocycles. The maximum Gasteiger partial charge on any atom is 0.338 e. The molecule has 0 radical (unpaired) electrons. The van der Waals surface area contributed by atoms with Crippen LogP contribution in [0.5, 0.6) is 0 Å². The molecule has 2 rings (SSSR count). The van der Waals surface area contributed by atoms with Crippen molar-refractivity contribution in [1.29, 1.82) is 0 Å². The highest BCUT2D eigenvalue weighted by molar-refractivity contribution is 5.89. The molecule has 1 aliphatic rings. The van der Waals surface area contributed by atoms with Crippen LogP contribution in [0, 0.1) is 11.3 Å². The molecule has 19 heavy (non-hydrogen) atoms. The van der Waals surface area contributed by atoms with Gasteiger partial charge in [0.1, 0.15) is 6.10 Å². The van der Waals surface area contributed by atoms with Gasteiger partial charge in [-0.05, 0) is 42.4 Å². The molecular formula is C17H22O2. The van der Waals surface area contributed by atoms with E-state index in [0.29, 0.717) is 17.5 Å². The van der Waals surface area contributed by atoms with Gasteiger partial charge in [-0.25, -0.2) is 4.79 Å². The smallest absolute Gasteiger partial charge is 0.338 e. The molecule has 0 amide bonds. The van der Waals surface area contributed by atoms with Crippen LogP contribution in [0.1, 0.15) is 45.3 Å². The van der Waals surface area contributed by atoms with Gasteiger partial charge in [-0.1, -0.05) is 45.0 Å². The monoisotopic (exact) mass is 259 g/mol. The quantitative estimate of drug-likeness (QED) is 0.587. The van der Waals surface area contributed by atoms with Crippen LogP contribution >= 0.6 is 0 Å². The fourth-order valence-electron chi connectivity index (χ4n) is 2.30. The van der Waals surface area contributed by atoms with Crippen LogP contribution in [-0.4, -0.2) is 12.1 Å². The minimum atomic E-state index is -0.311. The Morgan fingerprint density at radius 2 is 2.00 bits per heavy atom. The van der Waals surface area contributed by atoms with Crippen LogP contribution in [-0.2, 0) is 4.74 Å². The Hall–Kier alpha value is -1.57. The Balaban J connectivity index is 2.06. The zero-order chi connectivity index (χ0) is 14.8. The van der Waals surface area contributed by atoms with Crippen molar-refractivity contribution in [3.8, 4) is 0 Å². The Morgan fingerprint density at radius 1 is 1.32 bits per heavy atom. The number of hydrogen-bond donors (Lipinski definition) is 0. The molecule has 102 valence electrons. The summed E-state index contributed by atoms with van der Waals surface area (Å²) in [5, 5.41) is 0. The fraction of sp³-hybridized carbons (Fsp3) is 0.471. The molecule has 1 aliphatic carbocycles. The number of carbonyl (C=O) groups is 1. The van der Waals surface area contributed by atoms with Crippen LogP contribution in [0.2, 0.25) is 0 Å². The van der Waals surface area contributed by atoms with Gasteiger partial charge in [-0.15, -0.1) is 0 Å². The van der Waals surface area contributed by atoms with Gasteiger partial charge < -0.3 is 4.74 Å². The van der Waals surface area contributed by atoms with E-state index in [1.54, 1.807) is 18.2 Å². The van der Waals surface area contributed by atoms with Crippen LogP contribution in [0.25, 0.3) is 0 Å². The van der Waals surface area contributed by atoms with Crippen molar-refractivity contribution in [1.82, 2.24) is 0 Å². The molecule has 0 bridgehead atoms. The molecule has 0 saturated heterocycles. The highest BCUT2D eigenvalue weighted by atomic mass is 16.5. The van der Waals surface area contributed by atoms with Crippen LogP contribution in [0.3, 0.4) is 0 Å². The van der Waals surface area contributed by atoms with Crippen molar-refractivity contribution < 1.29 is 10.9 Å². The second-order valence-corrected chi connectivity index (χ2v) is 6.18. The normalized spacial score (nSPS) is 24.4. The minimum absolute atomic E-state index is 0.123. The van der Waals surface area contributed by atoms with E-state index < -0.39 is 0 Å². The summed E-state index contributed by atoms with van der Waals surface area (Å²) in [5.41, 5.74) is 0.683. The average Bonchev–Trinajstić information content (AvgIpc) is 2.38. The van der Waals surface area contributed by atoms with Crippen molar-refractivity contribution in [3.63, 3.8) is 0 Å². The number of benzene rings is 1. The van der Waals surface area contributed by atoms with Crippen molar-refractivity contribution in [2.45, 2.75) is 39.7 Å². The standard InChI is InChI=1S/C17H22O2/c1-17(2,3)14-10-7-11-15(12-14)19-16(18)13-8-5-4-6-9-13/h4-9,11,14-15H,10,12H2,1-3H3/t14-,15+/m0/s1/i7D. The lowest BCUT2D eigenvalue weighted by atomic mass is 9.74. The topological polar surface area (TPSA) is 26.3 Å². The Morgan fingerprint density at radius 3 is 2.63 bits per heavy atom. The molecule has 2 nitrogen and oxygen atoms in total. The molecule has 0 N–H and O–H groups in total. The summed E-state index contributed by atoms with van der Waals surface area (Å²) in [6, 6.07) is 9.58. The molecule has 1 aromatic carbocycles. The molecule has 1 aromatic rings.